The zero-order chi connectivity index (χ0) is 22.8. The molecule has 0 fully saturated rings. The van der Waals surface area contributed by atoms with Gasteiger partial charge in [-0.3, -0.25) is 9.48 Å². The number of nitrogens with zero attached hydrogens (tertiary/aromatic N) is 5. The van der Waals surface area contributed by atoms with Gasteiger partial charge in [-0.1, -0.05) is 38.1 Å². The van der Waals surface area contributed by atoms with Gasteiger partial charge in [0.05, 0.1) is 22.0 Å². The number of aromatic nitrogens is 3. The molecule has 1 aromatic carbocycles. The van der Waals surface area contributed by atoms with Crippen LogP contribution in [0.3, 0.4) is 0 Å². The maximum absolute atomic E-state index is 13.3. The summed E-state index contributed by atoms with van der Waals surface area (Å²) in [5.41, 5.74) is 3.93. The van der Waals surface area contributed by atoms with Crippen molar-refractivity contribution in [3.63, 3.8) is 0 Å². The van der Waals surface area contributed by atoms with E-state index in [2.05, 4.69) is 30.7 Å². The van der Waals surface area contributed by atoms with Crippen LogP contribution in [-0.4, -0.2) is 19.8 Å². The molecule has 0 bridgehead atoms. The van der Waals surface area contributed by atoms with E-state index in [9.17, 15) is 4.79 Å². The quantitative estimate of drug-likeness (QED) is 0.343. The minimum Gasteiger partial charge on any atom is -0.283 e. The minimum absolute atomic E-state index is 0.142. The first-order valence-electron chi connectivity index (χ1n) is 10.5. The SMILES string of the molecule is CC(CC(C)C)=Nn1c(-c2cccs2)csc1=Nc1c(C)n(C)n(-c2ccccc2)c1=O. The first kappa shape index (κ1) is 22.2. The van der Waals surface area contributed by atoms with Gasteiger partial charge in [0.25, 0.3) is 5.56 Å². The molecular weight excluding hydrogens is 438 g/mol. The van der Waals surface area contributed by atoms with Crippen LogP contribution in [-0.2, 0) is 7.05 Å². The zero-order valence-electron chi connectivity index (χ0n) is 18.9. The van der Waals surface area contributed by atoms with Crippen molar-refractivity contribution in [3.8, 4) is 16.3 Å². The Hall–Kier alpha value is -2.97. The van der Waals surface area contributed by atoms with Crippen molar-refractivity contribution in [3.05, 3.63) is 74.1 Å². The van der Waals surface area contributed by atoms with Gasteiger partial charge in [-0.25, -0.2) is 14.4 Å². The highest BCUT2D eigenvalue weighted by molar-refractivity contribution is 7.14. The third kappa shape index (κ3) is 4.33. The topological polar surface area (TPSA) is 56.6 Å². The Morgan fingerprint density at radius 2 is 1.84 bits per heavy atom. The summed E-state index contributed by atoms with van der Waals surface area (Å²) < 4.78 is 5.38. The van der Waals surface area contributed by atoms with Gasteiger partial charge in [0.2, 0.25) is 4.80 Å². The second-order valence-electron chi connectivity index (χ2n) is 8.15. The molecule has 0 aliphatic heterocycles. The fourth-order valence-electron chi connectivity index (χ4n) is 3.65. The number of thiophene rings is 1. The molecule has 166 valence electrons. The molecule has 0 atom stereocenters. The van der Waals surface area contributed by atoms with Crippen molar-refractivity contribution in [2.24, 2.45) is 23.1 Å². The summed E-state index contributed by atoms with van der Waals surface area (Å²) >= 11 is 3.16. The lowest BCUT2D eigenvalue weighted by atomic mass is 10.1. The predicted molar refractivity (Wildman–Crippen MR) is 135 cm³/mol. The van der Waals surface area contributed by atoms with Crippen LogP contribution in [0, 0.1) is 12.8 Å². The van der Waals surface area contributed by atoms with E-state index in [0.717, 1.165) is 34.1 Å². The molecule has 3 aromatic heterocycles. The highest BCUT2D eigenvalue weighted by Gasteiger charge is 2.17. The highest BCUT2D eigenvalue weighted by atomic mass is 32.1. The highest BCUT2D eigenvalue weighted by Crippen LogP contribution is 2.26. The van der Waals surface area contributed by atoms with Gasteiger partial charge in [-0.15, -0.1) is 22.7 Å². The summed E-state index contributed by atoms with van der Waals surface area (Å²) in [7, 11) is 1.88. The lowest BCUT2D eigenvalue weighted by Crippen LogP contribution is -2.20. The van der Waals surface area contributed by atoms with Gasteiger partial charge in [0.15, 0.2) is 5.69 Å². The monoisotopic (exact) mass is 465 g/mol. The number of hydrogen-bond donors (Lipinski definition) is 0. The largest absolute Gasteiger partial charge is 0.297 e. The van der Waals surface area contributed by atoms with E-state index in [-0.39, 0.29) is 5.56 Å². The van der Waals surface area contributed by atoms with Gasteiger partial charge in [0.1, 0.15) is 0 Å². The average molecular weight is 466 g/mol. The van der Waals surface area contributed by atoms with E-state index in [1.165, 1.54) is 11.3 Å². The van der Waals surface area contributed by atoms with Crippen LogP contribution >= 0.6 is 22.7 Å². The van der Waals surface area contributed by atoms with E-state index in [0.29, 0.717) is 16.4 Å². The number of rotatable bonds is 6. The van der Waals surface area contributed by atoms with Crippen molar-refractivity contribution >= 4 is 34.1 Å². The number of thiazole rings is 1. The normalized spacial score (nSPS) is 12.8. The summed E-state index contributed by atoms with van der Waals surface area (Å²) in [6, 6.07) is 13.7. The van der Waals surface area contributed by atoms with Gasteiger partial charge in [0, 0.05) is 18.1 Å². The van der Waals surface area contributed by atoms with E-state index >= 15 is 0 Å². The third-order valence-electron chi connectivity index (χ3n) is 5.16. The molecule has 6 nitrogen and oxygen atoms in total. The van der Waals surface area contributed by atoms with Crippen LogP contribution in [0.4, 0.5) is 5.69 Å². The Morgan fingerprint density at radius 3 is 2.50 bits per heavy atom. The standard InChI is InChI=1S/C24H27N5OS2/c1-16(2)14-17(3)26-28-20(21-12-9-13-31-21)15-32-24(28)25-22-18(4)27(5)29(23(22)30)19-10-7-6-8-11-19/h6-13,15-16H,14H2,1-5H3. The van der Waals surface area contributed by atoms with Gasteiger partial charge in [-0.2, -0.15) is 5.10 Å². The Kier molecular flexibility index (Phi) is 6.43. The molecular formula is C24H27N5OS2. The second kappa shape index (κ2) is 9.26. The zero-order valence-corrected chi connectivity index (χ0v) is 20.6. The summed E-state index contributed by atoms with van der Waals surface area (Å²) in [5, 5.41) is 9.01. The molecule has 4 aromatic rings. The fourth-order valence-corrected chi connectivity index (χ4v) is 5.28. The molecule has 32 heavy (non-hydrogen) atoms. The Morgan fingerprint density at radius 1 is 1.09 bits per heavy atom. The molecule has 0 amide bonds. The molecule has 0 saturated heterocycles. The van der Waals surface area contributed by atoms with E-state index < -0.39 is 0 Å². The fraction of sp³-hybridized carbons (Fsp3) is 0.292. The lowest BCUT2D eigenvalue weighted by molar-refractivity contribution is 0.630. The second-order valence-corrected chi connectivity index (χ2v) is 9.93. The van der Waals surface area contributed by atoms with Crippen LogP contribution in [0.25, 0.3) is 16.3 Å². The average Bonchev–Trinajstić information content (AvgIpc) is 3.45. The maximum atomic E-state index is 13.3. The lowest BCUT2D eigenvalue weighted by Gasteiger charge is -2.07. The van der Waals surface area contributed by atoms with Crippen LogP contribution in [0.2, 0.25) is 0 Å². The predicted octanol–water partition coefficient (Wildman–Crippen LogP) is 5.58. The summed E-state index contributed by atoms with van der Waals surface area (Å²) in [6.45, 7) is 8.33. The van der Waals surface area contributed by atoms with Crippen molar-refractivity contribution in [1.29, 1.82) is 0 Å². The van der Waals surface area contributed by atoms with E-state index in [4.69, 9.17) is 10.1 Å². The van der Waals surface area contributed by atoms with Crippen LogP contribution in [0.15, 0.2) is 68.1 Å². The van der Waals surface area contributed by atoms with Crippen LogP contribution < -0.4 is 10.4 Å². The molecule has 0 N–H and O–H groups in total. The molecule has 4 rings (SSSR count). The number of benzene rings is 1. The molecule has 0 aliphatic carbocycles. The molecule has 0 spiro atoms. The summed E-state index contributed by atoms with van der Waals surface area (Å²) in [5.74, 6) is 0.512. The molecule has 3 heterocycles. The number of hydrogen-bond acceptors (Lipinski definition) is 5. The van der Waals surface area contributed by atoms with Gasteiger partial charge < -0.3 is 0 Å². The Balaban J connectivity index is 1.92. The smallest absolute Gasteiger partial charge is 0.283 e. The molecule has 8 heteroatoms. The summed E-state index contributed by atoms with van der Waals surface area (Å²) in [4.78, 5) is 20.0. The van der Waals surface area contributed by atoms with Crippen molar-refractivity contribution < 1.29 is 0 Å². The van der Waals surface area contributed by atoms with Crippen LogP contribution in [0.5, 0.6) is 0 Å². The van der Waals surface area contributed by atoms with E-state index in [1.807, 2.05) is 66.7 Å². The Bertz CT molecular complexity index is 1370. The van der Waals surface area contributed by atoms with Crippen LogP contribution in [0.1, 0.15) is 32.9 Å². The van der Waals surface area contributed by atoms with Crippen molar-refractivity contribution in [1.82, 2.24) is 14.0 Å². The van der Waals surface area contributed by atoms with Gasteiger partial charge >= 0.3 is 0 Å². The van der Waals surface area contributed by atoms with E-state index in [1.54, 1.807) is 16.0 Å². The molecule has 0 aliphatic rings. The molecule has 0 saturated carbocycles. The first-order valence-corrected chi connectivity index (χ1v) is 12.3. The van der Waals surface area contributed by atoms with Gasteiger partial charge in [-0.05, 0) is 49.8 Å². The molecule has 0 radical (unpaired) electrons. The van der Waals surface area contributed by atoms with Crippen molar-refractivity contribution in [2.45, 2.75) is 34.1 Å². The summed E-state index contributed by atoms with van der Waals surface area (Å²) in [6.07, 6.45) is 0.900. The first-order chi connectivity index (χ1) is 15.4. The van der Waals surface area contributed by atoms with Crippen molar-refractivity contribution in [2.75, 3.05) is 0 Å². The number of para-hydroxylation sites is 1. The molecule has 0 unspecified atom stereocenters. The third-order valence-corrected chi connectivity index (χ3v) is 6.87. The Labute approximate surface area is 195 Å². The minimum atomic E-state index is -0.142. The maximum Gasteiger partial charge on any atom is 0.297 e.